The number of halogens is 2. The molecule has 0 radical (unpaired) electrons. The molecule has 0 bridgehead atoms. The number of likely N-dealkylation sites (tertiary alicyclic amines) is 1. The van der Waals surface area contributed by atoms with Crippen molar-refractivity contribution in [2.45, 2.75) is 25.9 Å². The fourth-order valence-electron chi connectivity index (χ4n) is 2.49. The summed E-state index contributed by atoms with van der Waals surface area (Å²) in [6, 6.07) is 3.79. The molecule has 0 aromatic heterocycles. The third-order valence-corrected chi connectivity index (χ3v) is 4.11. The summed E-state index contributed by atoms with van der Waals surface area (Å²) in [5, 5.41) is 11.9. The first-order valence-electron chi connectivity index (χ1n) is 7.12. The Morgan fingerprint density at radius 1 is 1.50 bits per heavy atom. The Bertz CT molecular complexity index is 580. The van der Waals surface area contributed by atoms with Crippen molar-refractivity contribution in [2.75, 3.05) is 18.4 Å². The SMILES string of the molecule is CC(O)C1CCCN(C(=O)C(=O)Nc2ccc(Cl)c(F)c2)C1. The molecule has 0 saturated carbocycles. The number of aliphatic hydroxyl groups excluding tert-OH is 1. The molecule has 1 fully saturated rings. The van der Waals surface area contributed by atoms with Gasteiger partial charge in [-0.2, -0.15) is 0 Å². The van der Waals surface area contributed by atoms with Crippen LogP contribution in [0.15, 0.2) is 18.2 Å². The molecule has 2 unspecified atom stereocenters. The van der Waals surface area contributed by atoms with Crippen molar-refractivity contribution in [3.63, 3.8) is 0 Å². The first-order valence-corrected chi connectivity index (χ1v) is 7.49. The third-order valence-electron chi connectivity index (χ3n) is 3.80. The summed E-state index contributed by atoms with van der Waals surface area (Å²) in [6.07, 6.45) is 1.04. The summed E-state index contributed by atoms with van der Waals surface area (Å²) >= 11 is 5.56. The zero-order valence-electron chi connectivity index (χ0n) is 12.2. The first-order chi connectivity index (χ1) is 10.4. The molecule has 0 aliphatic carbocycles. The second kappa shape index (κ2) is 7.07. The van der Waals surface area contributed by atoms with E-state index >= 15 is 0 Å². The van der Waals surface area contributed by atoms with E-state index < -0.39 is 23.7 Å². The number of nitrogens with zero attached hydrogens (tertiary/aromatic N) is 1. The zero-order valence-corrected chi connectivity index (χ0v) is 12.9. The highest BCUT2D eigenvalue weighted by molar-refractivity contribution is 6.39. The molecule has 0 spiro atoms. The normalized spacial score (nSPS) is 19.6. The van der Waals surface area contributed by atoms with Gasteiger partial charge >= 0.3 is 11.8 Å². The maximum absolute atomic E-state index is 13.3. The van der Waals surface area contributed by atoms with Gasteiger partial charge in [-0.15, -0.1) is 0 Å². The Morgan fingerprint density at radius 3 is 2.86 bits per heavy atom. The molecular weight excluding hydrogens is 311 g/mol. The van der Waals surface area contributed by atoms with E-state index in [1.54, 1.807) is 6.92 Å². The van der Waals surface area contributed by atoms with Crippen LogP contribution in [0.2, 0.25) is 5.02 Å². The maximum atomic E-state index is 13.3. The molecule has 5 nitrogen and oxygen atoms in total. The zero-order chi connectivity index (χ0) is 16.3. The summed E-state index contributed by atoms with van der Waals surface area (Å²) in [6.45, 7) is 2.50. The maximum Gasteiger partial charge on any atom is 0.313 e. The fraction of sp³-hybridized carbons (Fsp3) is 0.467. The second-order valence-corrected chi connectivity index (χ2v) is 5.88. The summed E-state index contributed by atoms with van der Waals surface area (Å²) in [7, 11) is 0. The molecule has 1 saturated heterocycles. The lowest BCUT2D eigenvalue weighted by atomic mass is 9.93. The van der Waals surface area contributed by atoms with Crippen LogP contribution in [0.1, 0.15) is 19.8 Å². The van der Waals surface area contributed by atoms with Crippen LogP contribution in [0, 0.1) is 11.7 Å². The van der Waals surface area contributed by atoms with Gasteiger partial charge in [-0.1, -0.05) is 11.6 Å². The fourth-order valence-corrected chi connectivity index (χ4v) is 2.61. The van der Waals surface area contributed by atoms with E-state index in [1.165, 1.54) is 17.0 Å². The molecule has 120 valence electrons. The van der Waals surface area contributed by atoms with Crippen molar-refractivity contribution >= 4 is 29.1 Å². The third kappa shape index (κ3) is 3.96. The standard InChI is InChI=1S/C15H18ClFN2O3/c1-9(20)10-3-2-6-19(8-10)15(22)14(21)18-11-4-5-12(16)13(17)7-11/h4-5,7,9-10,20H,2-3,6,8H2,1H3,(H,18,21). The van der Waals surface area contributed by atoms with Crippen LogP contribution in [0.25, 0.3) is 0 Å². The van der Waals surface area contributed by atoms with E-state index in [1.807, 2.05) is 0 Å². The Balaban J connectivity index is 1.99. The first kappa shape index (κ1) is 16.7. The summed E-state index contributed by atoms with van der Waals surface area (Å²) in [4.78, 5) is 25.5. The van der Waals surface area contributed by atoms with Crippen molar-refractivity contribution in [3.05, 3.63) is 29.0 Å². The minimum Gasteiger partial charge on any atom is -0.393 e. The predicted octanol–water partition coefficient (Wildman–Crippen LogP) is 2.04. The number of amides is 2. The minimum absolute atomic E-state index is 0.0292. The monoisotopic (exact) mass is 328 g/mol. The van der Waals surface area contributed by atoms with Gasteiger partial charge in [0.25, 0.3) is 0 Å². The van der Waals surface area contributed by atoms with Crippen LogP contribution in [-0.2, 0) is 9.59 Å². The molecule has 2 atom stereocenters. The number of anilines is 1. The van der Waals surface area contributed by atoms with Gasteiger partial charge in [-0.3, -0.25) is 9.59 Å². The van der Waals surface area contributed by atoms with Gasteiger partial charge in [-0.05, 0) is 38.0 Å². The van der Waals surface area contributed by atoms with E-state index in [2.05, 4.69) is 5.32 Å². The lowest BCUT2D eigenvalue weighted by Gasteiger charge is -2.33. The second-order valence-electron chi connectivity index (χ2n) is 5.48. The largest absolute Gasteiger partial charge is 0.393 e. The summed E-state index contributed by atoms with van der Waals surface area (Å²) in [5.74, 6) is -2.20. The molecule has 1 aliphatic heterocycles. The van der Waals surface area contributed by atoms with Crippen molar-refractivity contribution in [1.29, 1.82) is 0 Å². The molecule has 2 rings (SSSR count). The number of nitrogens with one attached hydrogen (secondary N) is 1. The molecule has 2 amide bonds. The molecular formula is C15H18ClFN2O3. The quantitative estimate of drug-likeness (QED) is 0.816. The summed E-state index contributed by atoms with van der Waals surface area (Å²) in [5.41, 5.74) is 0.171. The van der Waals surface area contributed by atoms with Gasteiger partial charge < -0.3 is 15.3 Å². The van der Waals surface area contributed by atoms with Gasteiger partial charge in [-0.25, -0.2) is 4.39 Å². The topological polar surface area (TPSA) is 69.6 Å². The van der Waals surface area contributed by atoms with Crippen molar-refractivity contribution in [1.82, 2.24) is 4.90 Å². The molecule has 1 heterocycles. The number of rotatable bonds is 2. The molecule has 1 aliphatic rings. The van der Waals surface area contributed by atoms with Gasteiger partial charge in [0.05, 0.1) is 11.1 Å². The highest BCUT2D eigenvalue weighted by atomic mass is 35.5. The number of carbonyl (C=O) groups excluding carboxylic acids is 2. The van der Waals surface area contributed by atoms with Crippen LogP contribution < -0.4 is 5.32 Å². The number of aliphatic hydroxyl groups is 1. The van der Waals surface area contributed by atoms with Crippen molar-refractivity contribution in [3.8, 4) is 0 Å². The average molecular weight is 329 g/mol. The van der Waals surface area contributed by atoms with E-state index in [-0.39, 0.29) is 16.6 Å². The number of carbonyl (C=O) groups is 2. The Morgan fingerprint density at radius 2 is 2.23 bits per heavy atom. The number of hydrogen-bond donors (Lipinski definition) is 2. The Labute approximate surface area is 133 Å². The average Bonchev–Trinajstić information content (AvgIpc) is 2.50. The Hall–Kier alpha value is -1.66. The highest BCUT2D eigenvalue weighted by Gasteiger charge is 2.29. The predicted molar refractivity (Wildman–Crippen MR) is 81.0 cm³/mol. The van der Waals surface area contributed by atoms with Crippen molar-refractivity contribution < 1.29 is 19.1 Å². The van der Waals surface area contributed by atoms with Crippen LogP contribution in [-0.4, -0.2) is 41.0 Å². The van der Waals surface area contributed by atoms with Crippen LogP contribution in [0.5, 0.6) is 0 Å². The number of benzene rings is 1. The van der Waals surface area contributed by atoms with Crippen molar-refractivity contribution in [2.24, 2.45) is 5.92 Å². The van der Waals surface area contributed by atoms with Gasteiger partial charge in [0.1, 0.15) is 5.82 Å². The molecule has 7 heteroatoms. The minimum atomic E-state index is -0.826. The van der Waals surface area contributed by atoms with E-state index in [0.29, 0.717) is 13.1 Å². The molecule has 1 aromatic rings. The van der Waals surface area contributed by atoms with Gasteiger partial charge in [0.2, 0.25) is 0 Å². The van der Waals surface area contributed by atoms with E-state index in [0.717, 1.165) is 18.9 Å². The van der Waals surface area contributed by atoms with E-state index in [9.17, 15) is 19.1 Å². The smallest absolute Gasteiger partial charge is 0.313 e. The lowest BCUT2D eigenvalue weighted by molar-refractivity contribution is -0.144. The van der Waals surface area contributed by atoms with Crippen LogP contribution >= 0.6 is 11.6 Å². The summed E-state index contributed by atoms with van der Waals surface area (Å²) < 4.78 is 13.3. The van der Waals surface area contributed by atoms with Crippen LogP contribution in [0.4, 0.5) is 10.1 Å². The number of hydrogen-bond acceptors (Lipinski definition) is 3. The highest BCUT2D eigenvalue weighted by Crippen LogP contribution is 2.21. The molecule has 22 heavy (non-hydrogen) atoms. The molecule has 2 N–H and O–H groups in total. The van der Waals surface area contributed by atoms with Crippen LogP contribution in [0.3, 0.4) is 0 Å². The van der Waals surface area contributed by atoms with E-state index in [4.69, 9.17) is 11.6 Å². The molecule has 1 aromatic carbocycles. The van der Waals surface area contributed by atoms with Gasteiger partial charge in [0.15, 0.2) is 0 Å². The number of piperidine rings is 1. The van der Waals surface area contributed by atoms with Gasteiger partial charge in [0, 0.05) is 24.7 Å². The lowest BCUT2D eigenvalue weighted by Crippen LogP contribution is -2.47. The Kier molecular flexibility index (Phi) is 5.37.